The number of carbonyl (C=O) groups is 2. The molecule has 0 rings (SSSR count). The minimum atomic E-state index is -1.79. The lowest BCUT2D eigenvalue weighted by Gasteiger charge is -2.19. The zero-order chi connectivity index (χ0) is 24.5. The van der Waals surface area contributed by atoms with E-state index in [1.165, 1.54) is 0 Å². The fourth-order valence-corrected chi connectivity index (χ4v) is 2.25. The first-order valence-corrected chi connectivity index (χ1v) is 10.7. The molecular formula is C20H44N2O9. The van der Waals surface area contributed by atoms with Gasteiger partial charge in [-0.2, -0.15) is 0 Å². The summed E-state index contributed by atoms with van der Waals surface area (Å²) in [6.07, 6.45) is 2.05. The summed E-state index contributed by atoms with van der Waals surface area (Å²) in [7, 11) is 0. The molecule has 1 unspecified atom stereocenters. The molecule has 0 aliphatic rings. The zero-order valence-electron chi connectivity index (χ0n) is 19.0. The lowest BCUT2D eigenvalue weighted by molar-refractivity contribution is -0.152. The predicted molar refractivity (Wildman–Crippen MR) is 117 cm³/mol. The number of carboxylic acid groups (broad SMARTS) is 2. The van der Waals surface area contributed by atoms with Crippen molar-refractivity contribution in [1.82, 2.24) is 9.80 Å². The number of hydrogen-bond donors (Lipinski definition) is 7. The second-order valence-corrected chi connectivity index (χ2v) is 6.74. The Balaban J connectivity index is -0.000000382. The maximum absolute atomic E-state index is 9.72. The van der Waals surface area contributed by atoms with Crippen LogP contribution in [0.4, 0.5) is 0 Å². The van der Waals surface area contributed by atoms with E-state index in [2.05, 4.69) is 23.6 Å². The predicted octanol–water partition coefficient (Wildman–Crippen LogP) is -0.947. The van der Waals surface area contributed by atoms with Gasteiger partial charge in [0.2, 0.25) is 0 Å². The third-order valence-corrected chi connectivity index (χ3v) is 3.97. The first-order valence-electron chi connectivity index (χ1n) is 10.7. The average molecular weight is 457 g/mol. The van der Waals surface area contributed by atoms with Crippen LogP contribution in [0.5, 0.6) is 0 Å². The number of nitrogens with zero attached hydrogens (tertiary/aromatic N) is 2. The minimum absolute atomic E-state index is 0.184. The van der Waals surface area contributed by atoms with Gasteiger partial charge in [0.05, 0.1) is 32.8 Å². The quantitative estimate of drug-likeness (QED) is 0.143. The van der Waals surface area contributed by atoms with E-state index in [-0.39, 0.29) is 26.4 Å². The molecular weight excluding hydrogens is 412 g/mol. The minimum Gasteiger partial charge on any atom is -0.481 e. The SMILES string of the molecule is CCCCN(CCO)CCO.CCCCN(CCO)CCO.O=C(O)CC(O)C(=O)O. The molecule has 0 amide bonds. The highest BCUT2D eigenvalue weighted by molar-refractivity contribution is 5.79. The number of aliphatic hydroxyl groups is 5. The Morgan fingerprint density at radius 2 is 1.00 bits per heavy atom. The highest BCUT2D eigenvalue weighted by atomic mass is 16.4. The standard InChI is InChI=1S/2C8H19NO2.C4H6O5/c2*1-2-3-4-9(5-7-10)6-8-11;5-2(4(8)9)1-3(6)7/h2*10-11H,2-8H2,1H3;2,5H,1H2,(H,6,7)(H,8,9). The Kier molecular flexibility index (Phi) is 29.5. The summed E-state index contributed by atoms with van der Waals surface area (Å²) in [5.41, 5.74) is 0. The lowest BCUT2D eigenvalue weighted by Crippen LogP contribution is -2.30. The van der Waals surface area contributed by atoms with Crippen molar-refractivity contribution in [2.75, 3.05) is 65.7 Å². The van der Waals surface area contributed by atoms with E-state index < -0.39 is 24.5 Å². The van der Waals surface area contributed by atoms with Crippen molar-refractivity contribution in [3.8, 4) is 0 Å². The normalized spacial score (nSPS) is 11.4. The Bertz CT molecular complexity index is 369. The smallest absolute Gasteiger partial charge is 0.333 e. The van der Waals surface area contributed by atoms with E-state index in [0.717, 1.165) is 38.8 Å². The third kappa shape index (κ3) is 28.7. The van der Waals surface area contributed by atoms with Crippen LogP contribution >= 0.6 is 0 Å². The van der Waals surface area contributed by atoms with E-state index in [1.54, 1.807) is 0 Å². The summed E-state index contributed by atoms with van der Waals surface area (Å²) in [5.74, 6) is -2.85. The van der Waals surface area contributed by atoms with Crippen molar-refractivity contribution in [3.05, 3.63) is 0 Å². The number of aliphatic carboxylic acids is 2. The number of rotatable bonds is 17. The van der Waals surface area contributed by atoms with Gasteiger partial charge in [-0.15, -0.1) is 0 Å². The highest BCUT2D eigenvalue weighted by Crippen LogP contribution is 1.94. The summed E-state index contributed by atoms with van der Waals surface area (Å²) < 4.78 is 0. The van der Waals surface area contributed by atoms with Crippen LogP contribution in [0, 0.1) is 0 Å². The van der Waals surface area contributed by atoms with Gasteiger partial charge in [-0.25, -0.2) is 4.79 Å². The maximum Gasteiger partial charge on any atom is 0.333 e. The van der Waals surface area contributed by atoms with E-state index in [4.69, 9.17) is 35.7 Å². The molecule has 11 heteroatoms. The molecule has 188 valence electrons. The average Bonchev–Trinajstić information content (AvgIpc) is 2.71. The topological polar surface area (TPSA) is 182 Å². The summed E-state index contributed by atoms with van der Waals surface area (Å²) in [5, 5.41) is 58.7. The van der Waals surface area contributed by atoms with Crippen molar-refractivity contribution in [2.45, 2.75) is 52.1 Å². The Labute approximate surface area is 185 Å². The van der Waals surface area contributed by atoms with Crippen molar-refractivity contribution >= 4 is 11.9 Å². The van der Waals surface area contributed by atoms with Crippen LogP contribution in [0.3, 0.4) is 0 Å². The molecule has 0 saturated carbocycles. The van der Waals surface area contributed by atoms with Crippen molar-refractivity contribution < 1.29 is 45.3 Å². The number of aliphatic hydroxyl groups excluding tert-OH is 5. The molecule has 0 radical (unpaired) electrons. The molecule has 0 aromatic heterocycles. The zero-order valence-corrected chi connectivity index (χ0v) is 19.0. The monoisotopic (exact) mass is 456 g/mol. The number of hydrogen-bond acceptors (Lipinski definition) is 9. The molecule has 0 spiro atoms. The van der Waals surface area contributed by atoms with Gasteiger partial charge in [0.15, 0.2) is 6.10 Å². The van der Waals surface area contributed by atoms with E-state index in [1.807, 2.05) is 0 Å². The second kappa shape index (κ2) is 26.7. The molecule has 0 aromatic rings. The fraction of sp³-hybridized carbons (Fsp3) is 0.900. The Hall–Kier alpha value is -1.34. The highest BCUT2D eigenvalue weighted by Gasteiger charge is 2.16. The first-order chi connectivity index (χ1) is 14.7. The van der Waals surface area contributed by atoms with E-state index in [0.29, 0.717) is 26.2 Å². The lowest BCUT2D eigenvalue weighted by atomic mass is 10.3. The molecule has 0 fully saturated rings. The van der Waals surface area contributed by atoms with Crippen LogP contribution in [0.25, 0.3) is 0 Å². The molecule has 31 heavy (non-hydrogen) atoms. The van der Waals surface area contributed by atoms with Gasteiger partial charge >= 0.3 is 11.9 Å². The molecule has 0 bridgehead atoms. The molecule has 0 aliphatic carbocycles. The van der Waals surface area contributed by atoms with Crippen molar-refractivity contribution in [2.24, 2.45) is 0 Å². The molecule has 0 aromatic carbocycles. The van der Waals surface area contributed by atoms with E-state index in [9.17, 15) is 9.59 Å². The third-order valence-electron chi connectivity index (χ3n) is 3.97. The number of unbranched alkanes of at least 4 members (excludes halogenated alkanes) is 2. The van der Waals surface area contributed by atoms with Gasteiger partial charge in [-0.1, -0.05) is 26.7 Å². The van der Waals surface area contributed by atoms with Crippen molar-refractivity contribution in [3.63, 3.8) is 0 Å². The van der Waals surface area contributed by atoms with Crippen molar-refractivity contribution in [1.29, 1.82) is 0 Å². The summed E-state index contributed by atoms with van der Waals surface area (Å²) in [6.45, 7) is 9.70. The van der Waals surface area contributed by atoms with Gasteiger partial charge < -0.3 is 35.7 Å². The summed E-state index contributed by atoms with van der Waals surface area (Å²) in [4.78, 5) is 23.6. The van der Waals surface area contributed by atoms with Gasteiger partial charge in [0.25, 0.3) is 0 Å². The molecule has 1 atom stereocenters. The van der Waals surface area contributed by atoms with Crippen LogP contribution in [-0.2, 0) is 9.59 Å². The van der Waals surface area contributed by atoms with Gasteiger partial charge in [0.1, 0.15) is 0 Å². The second-order valence-electron chi connectivity index (χ2n) is 6.74. The molecule has 0 saturated heterocycles. The van der Waals surface area contributed by atoms with Crippen LogP contribution < -0.4 is 0 Å². The molecule has 0 heterocycles. The van der Waals surface area contributed by atoms with Gasteiger partial charge in [0, 0.05) is 26.2 Å². The largest absolute Gasteiger partial charge is 0.481 e. The summed E-state index contributed by atoms with van der Waals surface area (Å²) >= 11 is 0. The van der Waals surface area contributed by atoms with E-state index >= 15 is 0 Å². The molecule has 7 N–H and O–H groups in total. The summed E-state index contributed by atoms with van der Waals surface area (Å²) in [6, 6.07) is 0. The Morgan fingerprint density at radius 3 is 1.16 bits per heavy atom. The van der Waals surface area contributed by atoms with Crippen LogP contribution in [0.15, 0.2) is 0 Å². The Morgan fingerprint density at radius 1 is 0.677 bits per heavy atom. The first kappa shape index (κ1) is 34.3. The van der Waals surface area contributed by atoms with Gasteiger partial charge in [-0.05, 0) is 25.9 Å². The molecule has 0 aliphatic heterocycles. The van der Waals surface area contributed by atoms with Gasteiger partial charge in [-0.3, -0.25) is 14.6 Å². The van der Waals surface area contributed by atoms with Crippen LogP contribution in [0.1, 0.15) is 46.0 Å². The van der Waals surface area contributed by atoms with Crippen LogP contribution in [0.2, 0.25) is 0 Å². The maximum atomic E-state index is 9.72. The molecule has 11 nitrogen and oxygen atoms in total. The fourth-order valence-electron chi connectivity index (χ4n) is 2.25. The van der Waals surface area contributed by atoms with Crippen LogP contribution in [-0.4, -0.2) is 129 Å². The number of carboxylic acids is 2.